The minimum Gasteiger partial charge on any atom is -0.441 e. The number of piperidine rings is 1. The van der Waals surface area contributed by atoms with Crippen LogP contribution >= 0.6 is 0 Å². The average molecular weight is 377 g/mol. The van der Waals surface area contributed by atoms with Gasteiger partial charge in [0.15, 0.2) is 0 Å². The number of amides is 1. The van der Waals surface area contributed by atoms with E-state index >= 15 is 0 Å². The van der Waals surface area contributed by atoms with E-state index < -0.39 is 17.2 Å². The van der Waals surface area contributed by atoms with E-state index in [1.165, 1.54) is 0 Å². The molecule has 1 heterocycles. The van der Waals surface area contributed by atoms with Crippen molar-refractivity contribution in [3.8, 4) is 0 Å². The first-order chi connectivity index (χ1) is 12.7. The second kappa shape index (κ2) is 8.19. The third-order valence-electron chi connectivity index (χ3n) is 6.72. The zero-order chi connectivity index (χ0) is 20.3. The molecule has 0 radical (unpaired) electrons. The van der Waals surface area contributed by atoms with Crippen LogP contribution in [-0.2, 0) is 9.57 Å². The molecule has 1 aliphatic heterocycles. The maximum atomic E-state index is 12.1. The number of alkyl carbamates (subject to hydrolysis) is 1. The van der Waals surface area contributed by atoms with E-state index in [4.69, 9.17) is 9.57 Å². The summed E-state index contributed by atoms with van der Waals surface area (Å²) in [6, 6.07) is 10.2. The average Bonchev–Trinajstić information content (AvgIpc) is 2.69. The summed E-state index contributed by atoms with van der Waals surface area (Å²) in [5.74, 6) is 0. The molecule has 1 aromatic rings. The van der Waals surface area contributed by atoms with Crippen molar-refractivity contribution in [3.05, 3.63) is 35.9 Å². The van der Waals surface area contributed by atoms with Gasteiger partial charge in [-0.3, -0.25) is 4.84 Å². The molecule has 1 saturated heterocycles. The van der Waals surface area contributed by atoms with E-state index in [1.807, 2.05) is 25.1 Å². The van der Waals surface area contributed by atoms with Gasteiger partial charge in [0.25, 0.3) is 0 Å². The standard InChI is InChI=1S/C22H36N2O3/c1-8-20(4)15-16-22(6,26-19(25)23-7)21(5,9-2)24(20)27-17(3)18-13-11-10-12-14-18/h10-14,17H,8-9,15-16H2,1-7H3,(H,23,25). The molecule has 0 spiro atoms. The molecule has 1 aliphatic rings. The fraction of sp³-hybridized carbons (Fsp3) is 0.682. The van der Waals surface area contributed by atoms with Crippen LogP contribution in [0.4, 0.5) is 4.79 Å². The highest BCUT2D eigenvalue weighted by Gasteiger charge is 2.60. The van der Waals surface area contributed by atoms with Crippen molar-refractivity contribution in [2.24, 2.45) is 0 Å². The van der Waals surface area contributed by atoms with Crippen molar-refractivity contribution in [3.63, 3.8) is 0 Å². The lowest BCUT2D eigenvalue weighted by atomic mass is 9.68. The summed E-state index contributed by atoms with van der Waals surface area (Å²) in [5, 5.41) is 4.74. The van der Waals surface area contributed by atoms with Crippen LogP contribution in [0.15, 0.2) is 30.3 Å². The minimum absolute atomic E-state index is 0.0923. The summed E-state index contributed by atoms with van der Waals surface area (Å²) in [7, 11) is 1.60. The maximum absolute atomic E-state index is 12.1. The second-order valence-corrected chi connectivity index (χ2v) is 8.30. The Balaban J connectivity index is 2.42. The number of carbonyl (C=O) groups excluding carboxylic acids is 1. The van der Waals surface area contributed by atoms with Gasteiger partial charge in [0, 0.05) is 12.6 Å². The monoisotopic (exact) mass is 376 g/mol. The quantitative estimate of drug-likeness (QED) is 0.739. The van der Waals surface area contributed by atoms with E-state index in [0.717, 1.165) is 31.2 Å². The number of ether oxygens (including phenoxy) is 1. The summed E-state index contributed by atoms with van der Waals surface area (Å²) >= 11 is 0. The number of carbonyl (C=O) groups is 1. The normalized spacial score (nSPS) is 32.7. The SMILES string of the molecule is CCC1(C)CCC(C)(OC(=O)NC)C(C)(CC)N1OC(C)c1ccccc1. The third-order valence-corrected chi connectivity index (χ3v) is 6.72. The largest absolute Gasteiger partial charge is 0.441 e. The van der Waals surface area contributed by atoms with Gasteiger partial charge in [0.05, 0.1) is 5.54 Å². The molecule has 5 heteroatoms. The van der Waals surface area contributed by atoms with Crippen LogP contribution in [0.2, 0.25) is 0 Å². The fourth-order valence-electron chi connectivity index (χ4n) is 4.13. The molecule has 1 N–H and O–H groups in total. The van der Waals surface area contributed by atoms with Crippen molar-refractivity contribution in [1.29, 1.82) is 0 Å². The van der Waals surface area contributed by atoms with Gasteiger partial charge in [-0.15, -0.1) is 0 Å². The minimum atomic E-state index is -0.646. The van der Waals surface area contributed by atoms with Gasteiger partial charge in [-0.05, 0) is 58.9 Å². The fourth-order valence-corrected chi connectivity index (χ4v) is 4.13. The first kappa shape index (κ1) is 21.7. The molecule has 2 rings (SSSR count). The molecule has 0 aromatic heterocycles. The molecule has 4 atom stereocenters. The molecule has 152 valence electrons. The number of nitrogens with zero attached hydrogens (tertiary/aromatic N) is 1. The Bertz CT molecular complexity index is 638. The number of rotatable bonds is 6. The van der Waals surface area contributed by atoms with Gasteiger partial charge in [0.2, 0.25) is 0 Å². The Morgan fingerprint density at radius 2 is 1.78 bits per heavy atom. The van der Waals surface area contributed by atoms with Gasteiger partial charge >= 0.3 is 6.09 Å². The summed E-state index contributed by atoms with van der Waals surface area (Å²) in [6.45, 7) is 12.8. The van der Waals surface area contributed by atoms with Crippen molar-refractivity contribution in [1.82, 2.24) is 10.4 Å². The van der Waals surface area contributed by atoms with Gasteiger partial charge < -0.3 is 10.1 Å². The number of nitrogens with one attached hydrogen (secondary N) is 1. The van der Waals surface area contributed by atoms with Crippen LogP contribution in [-0.4, -0.2) is 34.9 Å². The van der Waals surface area contributed by atoms with Crippen LogP contribution in [0, 0.1) is 0 Å². The maximum Gasteiger partial charge on any atom is 0.407 e. The van der Waals surface area contributed by atoms with E-state index in [2.05, 4.69) is 57.1 Å². The lowest BCUT2D eigenvalue weighted by molar-refractivity contribution is -0.348. The third kappa shape index (κ3) is 3.99. The smallest absolute Gasteiger partial charge is 0.407 e. The highest BCUT2D eigenvalue weighted by Crippen LogP contribution is 2.50. The van der Waals surface area contributed by atoms with Crippen molar-refractivity contribution < 1.29 is 14.4 Å². The van der Waals surface area contributed by atoms with E-state index in [0.29, 0.717) is 0 Å². The summed E-state index contributed by atoms with van der Waals surface area (Å²) in [5.41, 5.74) is -0.0911. The first-order valence-corrected chi connectivity index (χ1v) is 10.1. The summed E-state index contributed by atoms with van der Waals surface area (Å²) < 4.78 is 5.92. The van der Waals surface area contributed by atoms with Gasteiger partial charge in [-0.2, -0.15) is 5.06 Å². The van der Waals surface area contributed by atoms with E-state index in [-0.39, 0.29) is 11.6 Å². The Morgan fingerprint density at radius 3 is 2.30 bits per heavy atom. The zero-order valence-corrected chi connectivity index (χ0v) is 18.0. The van der Waals surface area contributed by atoms with Crippen LogP contribution < -0.4 is 5.32 Å². The molecular formula is C22H36N2O3. The Morgan fingerprint density at radius 1 is 1.15 bits per heavy atom. The van der Waals surface area contributed by atoms with Gasteiger partial charge in [0.1, 0.15) is 11.7 Å². The Kier molecular flexibility index (Phi) is 6.59. The zero-order valence-electron chi connectivity index (χ0n) is 18.0. The highest BCUT2D eigenvalue weighted by molar-refractivity contribution is 5.67. The molecule has 0 bridgehead atoms. The highest BCUT2D eigenvalue weighted by atomic mass is 16.7. The molecule has 0 saturated carbocycles. The first-order valence-electron chi connectivity index (χ1n) is 10.1. The lowest BCUT2D eigenvalue weighted by Crippen LogP contribution is -2.72. The van der Waals surface area contributed by atoms with E-state index in [9.17, 15) is 4.79 Å². The van der Waals surface area contributed by atoms with Crippen LogP contribution in [0.3, 0.4) is 0 Å². The van der Waals surface area contributed by atoms with E-state index in [1.54, 1.807) is 7.05 Å². The van der Waals surface area contributed by atoms with Crippen molar-refractivity contribution in [2.75, 3.05) is 7.05 Å². The Labute approximate surface area is 164 Å². The van der Waals surface area contributed by atoms with Crippen LogP contribution in [0.25, 0.3) is 0 Å². The number of hydroxylamine groups is 2. The van der Waals surface area contributed by atoms with Crippen molar-refractivity contribution >= 4 is 6.09 Å². The number of hydrogen-bond acceptors (Lipinski definition) is 4. The molecular weight excluding hydrogens is 340 g/mol. The molecule has 1 aromatic carbocycles. The summed E-state index contributed by atoms with van der Waals surface area (Å²) in [4.78, 5) is 18.7. The van der Waals surface area contributed by atoms with Crippen LogP contribution in [0.1, 0.15) is 78.9 Å². The number of hydrogen-bond donors (Lipinski definition) is 1. The molecule has 5 nitrogen and oxygen atoms in total. The molecule has 27 heavy (non-hydrogen) atoms. The summed E-state index contributed by atoms with van der Waals surface area (Å²) in [6.07, 6.45) is 2.97. The van der Waals surface area contributed by atoms with Crippen molar-refractivity contribution in [2.45, 2.75) is 90.0 Å². The molecule has 4 unspecified atom stereocenters. The van der Waals surface area contributed by atoms with Gasteiger partial charge in [-0.25, -0.2) is 4.79 Å². The molecule has 0 aliphatic carbocycles. The number of benzene rings is 1. The second-order valence-electron chi connectivity index (χ2n) is 8.30. The topological polar surface area (TPSA) is 50.8 Å². The molecule has 1 amide bonds. The molecule has 1 fully saturated rings. The predicted octanol–water partition coefficient (Wildman–Crippen LogP) is 5.23. The van der Waals surface area contributed by atoms with Gasteiger partial charge in [-0.1, -0.05) is 44.2 Å². The van der Waals surface area contributed by atoms with Crippen LogP contribution in [0.5, 0.6) is 0 Å². The Hall–Kier alpha value is -1.59. The lowest BCUT2D eigenvalue weighted by Gasteiger charge is -2.61. The predicted molar refractivity (Wildman–Crippen MR) is 108 cm³/mol.